The number of benzene rings is 6. The van der Waals surface area contributed by atoms with Crippen LogP contribution in [0.1, 0.15) is 20.7 Å². The molecule has 6 aromatic carbocycles. The van der Waals surface area contributed by atoms with Gasteiger partial charge in [0.15, 0.2) is 0 Å². The number of nitrogens with zero attached hydrogens (tertiary/aromatic N) is 2. The van der Waals surface area contributed by atoms with Gasteiger partial charge in [-0.05, 0) is 64.2 Å². The van der Waals surface area contributed by atoms with Gasteiger partial charge in [0.2, 0.25) is 0 Å². The average molecular weight is 555 g/mol. The van der Waals surface area contributed by atoms with Crippen molar-refractivity contribution in [2.75, 3.05) is 7.05 Å². The molecule has 4 heteroatoms. The second-order valence-electron chi connectivity index (χ2n) is 11.0. The van der Waals surface area contributed by atoms with Crippen molar-refractivity contribution in [1.82, 2.24) is 9.47 Å². The maximum Gasteiger partial charge on any atom is 0.263 e. The minimum atomic E-state index is -0.281. The molecule has 4 nitrogen and oxygen atoms in total. The van der Waals surface area contributed by atoms with Gasteiger partial charge in [0, 0.05) is 23.4 Å². The molecule has 0 spiro atoms. The van der Waals surface area contributed by atoms with Gasteiger partial charge in [-0.25, -0.2) is 0 Å². The Morgan fingerprint density at radius 2 is 1.02 bits per heavy atom. The van der Waals surface area contributed by atoms with E-state index in [1.54, 1.807) is 13.1 Å². The zero-order valence-electron chi connectivity index (χ0n) is 23.5. The summed E-state index contributed by atoms with van der Waals surface area (Å²) in [5, 5.41) is 2.17. The van der Waals surface area contributed by atoms with Crippen LogP contribution in [0.4, 0.5) is 0 Å². The van der Waals surface area contributed by atoms with E-state index >= 15 is 0 Å². The molecule has 2 amide bonds. The molecular weight excluding hydrogens is 528 g/mol. The van der Waals surface area contributed by atoms with E-state index in [1.165, 1.54) is 4.90 Å². The van der Waals surface area contributed by atoms with Gasteiger partial charge in [0.1, 0.15) is 0 Å². The quantitative estimate of drug-likeness (QED) is 0.204. The van der Waals surface area contributed by atoms with Gasteiger partial charge in [0.25, 0.3) is 11.8 Å². The van der Waals surface area contributed by atoms with Gasteiger partial charge >= 0.3 is 0 Å². The predicted molar refractivity (Wildman–Crippen MR) is 174 cm³/mol. The van der Waals surface area contributed by atoms with Crippen molar-refractivity contribution in [3.63, 3.8) is 0 Å². The van der Waals surface area contributed by atoms with Crippen LogP contribution in [0.3, 0.4) is 0 Å². The second-order valence-corrected chi connectivity index (χ2v) is 11.0. The van der Waals surface area contributed by atoms with Crippen molar-refractivity contribution in [2.45, 2.75) is 0 Å². The highest BCUT2D eigenvalue weighted by Gasteiger charge is 2.36. The molecule has 0 aliphatic carbocycles. The first kappa shape index (κ1) is 25.0. The third kappa shape index (κ3) is 3.84. The third-order valence-electron chi connectivity index (χ3n) is 8.49. The van der Waals surface area contributed by atoms with Gasteiger partial charge < -0.3 is 4.57 Å². The standard InChI is InChI=1S/C39H26N2O2/c1-40-38(42)33-19-11-21-35(36(33)39(40)43)41-34-20-9-8-16-31(34)32-18-10-17-30(37(32)41)29-23-27(25-12-4-2-5-13-25)22-28(24-29)26-14-6-3-7-15-26/h2-24H,1H3. The normalized spacial score (nSPS) is 12.8. The molecule has 0 saturated heterocycles. The third-order valence-corrected chi connectivity index (χ3v) is 8.49. The van der Waals surface area contributed by atoms with Gasteiger partial charge in [0.05, 0.1) is 27.8 Å². The Bertz CT molecular complexity index is 2170. The highest BCUT2D eigenvalue weighted by molar-refractivity contribution is 6.24. The summed E-state index contributed by atoms with van der Waals surface area (Å²) in [4.78, 5) is 27.6. The van der Waals surface area contributed by atoms with Crippen molar-refractivity contribution < 1.29 is 9.59 Å². The summed E-state index contributed by atoms with van der Waals surface area (Å²) in [5.74, 6) is -0.553. The Morgan fingerprint density at radius 1 is 0.465 bits per heavy atom. The van der Waals surface area contributed by atoms with Gasteiger partial charge in [-0.1, -0.05) is 103 Å². The Balaban J connectivity index is 1.48. The summed E-state index contributed by atoms with van der Waals surface area (Å²) in [6.45, 7) is 0. The van der Waals surface area contributed by atoms with Crippen LogP contribution in [0, 0.1) is 0 Å². The Labute approximate surface area is 249 Å². The van der Waals surface area contributed by atoms with Gasteiger partial charge in [-0.15, -0.1) is 0 Å². The van der Waals surface area contributed by atoms with Crippen molar-refractivity contribution in [1.29, 1.82) is 0 Å². The zero-order valence-corrected chi connectivity index (χ0v) is 23.5. The van der Waals surface area contributed by atoms with Crippen LogP contribution in [-0.2, 0) is 0 Å². The summed E-state index contributed by atoms with van der Waals surface area (Å²) in [5.41, 5.74) is 10.2. The average Bonchev–Trinajstić information content (AvgIpc) is 3.52. The summed E-state index contributed by atoms with van der Waals surface area (Å²) in [7, 11) is 1.55. The molecule has 204 valence electrons. The van der Waals surface area contributed by atoms with Crippen LogP contribution in [0.15, 0.2) is 140 Å². The van der Waals surface area contributed by atoms with E-state index in [2.05, 4.69) is 102 Å². The molecular formula is C39H26N2O2. The van der Waals surface area contributed by atoms with E-state index in [0.717, 1.165) is 55.2 Å². The number of hydrogen-bond donors (Lipinski definition) is 0. The fraction of sp³-hybridized carbons (Fsp3) is 0.0256. The van der Waals surface area contributed by atoms with E-state index in [1.807, 2.05) is 36.4 Å². The number of rotatable bonds is 4. The molecule has 2 heterocycles. The number of carbonyl (C=O) groups is 2. The van der Waals surface area contributed by atoms with Crippen LogP contribution in [0.2, 0.25) is 0 Å². The van der Waals surface area contributed by atoms with E-state index in [-0.39, 0.29) is 11.8 Å². The lowest BCUT2D eigenvalue weighted by atomic mass is 9.92. The van der Waals surface area contributed by atoms with Crippen LogP contribution in [-0.4, -0.2) is 28.3 Å². The largest absolute Gasteiger partial charge is 0.308 e. The fourth-order valence-corrected chi connectivity index (χ4v) is 6.45. The lowest BCUT2D eigenvalue weighted by Gasteiger charge is -2.16. The Hall–Kier alpha value is -5.74. The monoisotopic (exact) mass is 554 g/mol. The molecule has 0 atom stereocenters. The highest BCUT2D eigenvalue weighted by atomic mass is 16.2. The van der Waals surface area contributed by atoms with E-state index < -0.39 is 0 Å². The molecule has 0 bridgehead atoms. The Morgan fingerprint density at radius 3 is 1.72 bits per heavy atom. The number of para-hydroxylation sites is 2. The first-order valence-electron chi connectivity index (χ1n) is 14.3. The SMILES string of the molecule is CN1C(=O)c2cccc(-n3c4ccccc4c4cccc(-c5cc(-c6ccccc6)cc(-c6ccccc6)c5)c43)c2C1=O. The van der Waals surface area contributed by atoms with Gasteiger partial charge in [-0.2, -0.15) is 0 Å². The fourth-order valence-electron chi connectivity index (χ4n) is 6.45. The summed E-state index contributed by atoms with van der Waals surface area (Å²) in [6.07, 6.45) is 0. The maximum atomic E-state index is 13.4. The number of carbonyl (C=O) groups excluding carboxylic acids is 2. The molecule has 0 radical (unpaired) electrons. The van der Waals surface area contributed by atoms with Crippen LogP contribution < -0.4 is 0 Å². The molecule has 0 unspecified atom stereocenters. The van der Waals surface area contributed by atoms with E-state index in [0.29, 0.717) is 16.8 Å². The van der Waals surface area contributed by atoms with Crippen molar-refractivity contribution in [3.8, 4) is 39.1 Å². The highest BCUT2D eigenvalue weighted by Crippen LogP contribution is 2.42. The van der Waals surface area contributed by atoms with Crippen molar-refractivity contribution >= 4 is 33.6 Å². The number of amides is 2. The topological polar surface area (TPSA) is 42.3 Å². The number of hydrogen-bond acceptors (Lipinski definition) is 2. The smallest absolute Gasteiger partial charge is 0.263 e. The summed E-state index contributed by atoms with van der Waals surface area (Å²) >= 11 is 0. The number of imide groups is 1. The second kappa shape index (κ2) is 9.68. The molecule has 1 aromatic heterocycles. The molecule has 1 aliphatic heterocycles. The molecule has 43 heavy (non-hydrogen) atoms. The van der Waals surface area contributed by atoms with E-state index in [9.17, 15) is 9.59 Å². The number of aromatic nitrogens is 1. The minimum absolute atomic E-state index is 0.272. The van der Waals surface area contributed by atoms with Crippen LogP contribution >= 0.6 is 0 Å². The molecule has 0 N–H and O–H groups in total. The van der Waals surface area contributed by atoms with Crippen LogP contribution in [0.25, 0.3) is 60.9 Å². The summed E-state index contributed by atoms with van der Waals surface area (Å²) in [6, 6.07) is 47.8. The molecule has 8 rings (SSSR count). The lowest BCUT2D eigenvalue weighted by molar-refractivity contribution is 0.0693. The maximum absolute atomic E-state index is 13.4. The van der Waals surface area contributed by atoms with Crippen molar-refractivity contribution in [3.05, 3.63) is 151 Å². The zero-order chi connectivity index (χ0) is 29.1. The number of fused-ring (bicyclic) bond motifs is 4. The Kier molecular flexibility index (Phi) is 5.63. The minimum Gasteiger partial charge on any atom is -0.308 e. The first-order valence-corrected chi connectivity index (χ1v) is 14.3. The van der Waals surface area contributed by atoms with Crippen molar-refractivity contribution in [2.24, 2.45) is 0 Å². The molecule has 0 fully saturated rings. The predicted octanol–water partition coefficient (Wildman–Crippen LogP) is 9.01. The van der Waals surface area contributed by atoms with E-state index in [4.69, 9.17) is 0 Å². The lowest BCUT2D eigenvalue weighted by Crippen LogP contribution is -2.24. The van der Waals surface area contributed by atoms with Crippen LogP contribution in [0.5, 0.6) is 0 Å². The van der Waals surface area contributed by atoms with Gasteiger partial charge in [-0.3, -0.25) is 14.5 Å². The first-order chi connectivity index (χ1) is 21.1. The molecule has 1 aliphatic rings. The molecule has 0 saturated carbocycles. The molecule has 7 aromatic rings. The summed E-state index contributed by atoms with van der Waals surface area (Å²) < 4.78 is 2.17.